The lowest BCUT2D eigenvalue weighted by atomic mass is 10.1. The first kappa shape index (κ1) is 17.9. The van der Waals surface area contributed by atoms with Crippen molar-refractivity contribution in [2.24, 2.45) is 0 Å². The molecule has 0 aliphatic carbocycles. The summed E-state index contributed by atoms with van der Waals surface area (Å²) in [6.07, 6.45) is 4.25. The average molecular weight is 377 g/mol. The number of nitrogens with zero attached hydrogens (tertiary/aromatic N) is 3. The zero-order chi connectivity index (χ0) is 19.3. The van der Waals surface area contributed by atoms with Gasteiger partial charge in [0.2, 0.25) is 0 Å². The predicted octanol–water partition coefficient (Wildman–Crippen LogP) is 2.64. The van der Waals surface area contributed by atoms with Crippen LogP contribution in [0.4, 0.5) is 11.4 Å². The number of nitrogens with one attached hydrogen (secondary N) is 2. The van der Waals surface area contributed by atoms with Crippen molar-refractivity contribution in [3.05, 3.63) is 66.7 Å². The number of hydrogen-bond donors (Lipinski definition) is 2. The minimum Gasteiger partial charge on any atom is -0.368 e. The van der Waals surface area contributed by atoms with Gasteiger partial charge in [-0.25, -0.2) is 9.67 Å². The Morgan fingerprint density at radius 2 is 1.93 bits per heavy atom. The monoisotopic (exact) mass is 377 g/mol. The summed E-state index contributed by atoms with van der Waals surface area (Å²) >= 11 is 0. The molecule has 4 rings (SSSR count). The molecule has 0 spiro atoms. The molecule has 1 atom stereocenters. The highest BCUT2D eigenvalue weighted by Gasteiger charge is 2.23. The van der Waals surface area contributed by atoms with Crippen LogP contribution >= 0.6 is 0 Å². The minimum absolute atomic E-state index is 0.182. The van der Waals surface area contributed by atoms with Gasteiger partial charge in [0.1, 0.15) is 18.8 Å². The Hall–Kier alpha value is -3.52. The van der Waals surface area contributed by atoms with Gasteiger partial charge in [-0.15, -0.1) is 0 Å². The lowest BCUT2D eigenvalue weighted by molar-refractivity contribution is -0.124. The van der Waals surface area contributed by atoms with Gasteiger partial charge < -0.3 is 15.4 Å². The highest BCUT2D eigenvalue weighted by molar-refractivity contribution is 6.05. The van der Waals surface area contributed by atoms with Gasteiger partial charge in [0.05, 0.1) is 5.69 Å². The van der Waals surface area contributed by atoms with Crippen molar-refractivity contribution in [2.45, 2.75) is 18.9 Å². The number of carbonyl (C=O) groups excluding carboxylic acids is 2. The fourth-order valence-corrected chi connectivity index (χ4v) is 2.99. The summed E-state index contributed by atoms with van der Waals surface area (Å²) in [5, 5.41) is 9.71. The average Bonchev–Trinajstić information content (AvgIpc) is 3.43. The summed E-state index contributed by atoms with van der Waals surface area (Å²) < 4.78 is 7.01. The van der Waals surface area contributed by atoms with Crippen molar-refractivity contribution < 1.29 is 14.3 Å². The Labute approximate surface area is 161 Å². The zero-order valence-electron chi connectivity index (χ0n) is 15.0. The van der Waals surface area contributed by atoms with Gasteiger partial charge in [-0.3, -0.25) is 9.59 Å². The molecule has 2 amide bonds. The number of benzene rings is 2. The normalized spacial score (nSPS) is 15.9. The maximum atomic E-state index is 12.5. The van der Waals surface area contributed by atoms with Gasteiger partial charge in [0, 0.05) is 23.5 Å². The van der Waals surface area contributed by atoms with Gasteiger partial charge in [-0.05, 0) is 55.3 Å². The summed E-state index contributed by atoms with van der Waals surface area (Å²) in [6.45, 7) is 0.607. The van der Waals surface area contributed by atoms with E-state index in [4.69, 9.17) is 4.74 Å². The molecule has 1 aliphatic rings. The summed E-state index contributed by atoms with van der Waals surface area (Å²) in [4.78, 5) is 28.6. The van der Waals surface area contributed by atoms with Crippen molar-refractivity contribution in [3.63, 3.8) is 0 Å². The third-order valence-corrected chi connectivity index (χ3v) is 4.42. The molecule has 0 saturated carbocycles. The highest BCUT2D eigenvalue weighted by atomic mass is 16.5. The third-order valence-electron chi connectivity index (χ3n) is 4.42. The van der Waals surface area contributed by atoms with Crippen LogP contribution in [0.5, 0.6) is 0 Å². The molecule has 0 radical (unpaired) electrons. The molecule has 8 nitrogen and oxygen atoms in total. The van der Waals surface area contributed by atoms with E-state index in [-0.39, 0.29) is 11.8 Å². The molecule has 1 unspecified atom stereocenters. The predicted molar refractivity (Wildman–Crippen MR) is 103 cm³/mol. The number of rotatable bonds is 5. The van der Waals surface area contributed by atoms with Crippen LogP contribution in [0.1, 0.15) is 23.2 Å². The molecule has 28 heavy (non-hydrogen) atoms. The van der Waals surface area contributed by atoms with Gasteiger partial charge >= 0.3 is 0 Å². The van der Waals surface area contributed by atoms with E-state index in [1.54, 1.807) is 47.4 Å². The summed E-state index contributed by atoms with van der Waals surface area (Å²) in [7, 11) is 0. The van der Waals surface area contributed by atoms with E-state index in [0.717, 1.165) is 18.5 Å². The maximum absolute atomic E-state index is 12.5. The molecule has 1 saturated heterocycles. The summed E-state index contributed by atoms with van der Waals surface area (Å²) in [5.41, 5.74) is 2.51. The minimum atomic E-state index is -0.416. The molecule has 142 valence electrons. The molecule has 1 fully saturated rings. The molecule has 1 aromatic heterocycles. The van der Waals surface area contributed by atoms with Gasteiger partial charge in [0.25, 0.3) is 11.8 Å². The Bertz CT molecular complexity index is 964. The van der Waals surface area contributed by atoms with Crippen molar-refractivity contribution in [1.82, 2.24) is 14.8 Å². The maximum Gasteiger partial charge on any atom is 0.255 e. The fraction of sp³-hybridized carbons (Fsp3) is 0.200. The Morgan fingerprint density at radius 1 is 1.07 bits per heavy atom. The number of carbonyl (C=O) groups is 2. The van der Waals surface area contributed by atoms with Crippen LogP contribution in [0.3, 0.4) is 0 Å². The number of ether oxygens (including phenoxy) is 1. The molecule has 1 aliphatic heterocycles. The highest BCUT2D eigenvalue weighted by Crippen LogP contribution is 2.18. The molecule has 2 N–H and O–H groups in total. The van der Waals surface area contributed by atoms with Crippen molar-refractivity contribution >= 4 is 23.2 Å². The largest absolute Gasteiger partial charge is 0.368 e. The van der Waals surface area contributed by atoms with E-state index >= 15 is 0 Å². The van der Waals surface area contributed by atoms with Gasteiger partial charge in [-0.1, -0.05) is 6.07 Å². The van der Waals surface area contributed by atoms with Crippen LogP contribution in [0, 0.1) is 0 Å². The van der Waals surface area contributed by atoms with E-state index in [1.165, 1.54) is 6.33 Å². The topological polar surface area (TPSA) is 98.1 Å². The van der Waals surface area contributed by atoms with Crippen LogP contribution < -0.4 is 10.6 Å². The number of hydrogen-bond acceptors (Lipinski definition) is 5. The second kappa shape index (κ2) is 8.01. The van der Waals surface area contributed by atoms with Crippen molar-refractivity contribution in [1.29, 1.82) is 0 Å². The first-order valence-electron chi connectivity index (χ1n) is 8.98. The standard InChI is InChI=1S/C20H19N5O3/c26-19(23-15-6-8-17(9-7-15)25-13-21-12-22-25)14-3-1-4-16(11-14)24-20(27)18-5-2-10-28-18/h1,3-4,6-9,11-13,18H,2,5,10H2,(H,23,26)(H,24,27). The smallest absolute Gasteiger partial charge is 0.255 e. The molecular formula is C20H19N5O3. The van der Waals surface area contributed by atoms with Crippen LogP contribution in [-0.4, -0.2) is 39.3 Å². The Kier molecular flexibility index (Phi) is 5.11. The van der Waals surface area contributed by atoms with Gasteiger partial charge in [-0.2, -0.15) is 5.10 Å². The molecule has 3 aromatic rings. The zero-order valence-corrected chi connectivity index (χ0v) is 15.0. The van der Waals surface area contributed by atoms with Crippen molar-refractivity contribution in [3.8, 4) is 5.69 Å². The molecule has 2 heterocycles. The quantitative estimate of drug-likeness (QED) is 0.712. The fourth-order valence-electron chi connectivity index (χ4n) is 2.99. The second-order valence-electron chi connectivity index (χ2n) is 6.41. The lowest BCUT2D eigenvalue weighted by Crippen LogP contribution is -2.27. The van der Waals surface area contributed by atoms with E-state index in [9.17, 15) is 9.59 Å². The number of anilines is 2. The number of amides is 2. The molecular weight excluding hydrogens is 358 g/mol. The van der Waals surface area contributed by atoms with E-state index in [2.05, 4.69) is 20.7 Å². The van der Waals surface area contributed by atoms with Crippen LogP contribution in [-0.2, 0) is 9.53 Å². The number of aromatic nitrogens is 3. The molecule has 0 bridgehead atoms. The van der Waals surface area contributed by atoms with Crippen LogP contribution in [0.25, 0.3) is 5.69 Å². The molecule has 8 heteroatoms. The second-order valence-corrected chi connectivity index (χ2v) is 6.41. The van der Waals surface area contributed by atoms with E-state index < -0.39 is 6.10 Å². The van der Waals surface area contributed by atoms with E-state index in [1.807, 2.05) is 12.1 Å². The lowest BCUT2D eigenvalue weighted by Gasteiger charge is -2.11. The van der Waals surface area contributed by atoms with Crippen LogP contribution in [0.2, 0.25) is 0 Å². The van der Waals surface area contributed by atoms with Crippen LogP contribution in [0.15, 0.2) is 61.2 Å². The summed E-state index contributed by atoms with van der Waals surface area (Å²) in [5.74, 6) is -0.444. The first-order valence-corrected chi connectivity index (χ1v) is 8.98. The Morgan fingerprint density at radius 3 is 2.64 bits per heavy atom. The van der Waals surface area contributed by atoms with E-state index in [0.29, 0.717) is 23.5 Å². The van der Waals surface area contributed by atoms with Gasteiger partial charge in [0.15, 0.2) is 0 Å². The summed E-state index contributed by atoms with van der Waals surface area (Å²) in [6, 6.07) is 14.1. The SMILES string of the molecule is O=C(Nc1ccc(-n2cncn2)cc1)c1cccc(NC(=O)C2CCCO2)c1. The van der Waals surface area contributed by atoms with Crippen molar-refractivity contribution in [2.75, 3.05) is 17.2 Å². The Balaban J connectivity index is 1.41. The first-order chi connectivity index (χ1) is 13.7. The molecule has 2 aromatic carbocycles. The third kappa shape index (κ3) is 4.07.